The van der Waals surface area contributed by atoms with Crippen LogP contribution in [0.15, 0.2) is 29.4 Å². The number of aryl methyl sites for hydroxylation is 1. The van der Waals surface area contributed by atoms with Crippen molar-refractivity contribution in [3.05, 3.63) is 29.8 Å². The van der Waals surface area contributed by atoms with E-state index in [1.807, 2.05) is 37.1 Å². The van der Waals surface area contributed by atoms with E-state index in [1.54, 1.807) is 0 Å². The maximum Gasteiger partial charge on any atom is 0.113 e. The van der Waals surface area contributed by atoms with Crippen molar-refractivity contribution in [2.45, 2.75) is 20.8 Å². The van der Waals surface area contributed by atoms with Crippen molar-refractivity contribution >= 4 is 12.0 Å². The number of anilines is 1. The van der Waals surface area contributed by atoms with E-state index in [9.17, 15) is 0 Å². The highest BCUT2D eigenvalue weighted by molar-refractivity contribution is 5.62. The molecule has 0 aliphatic carbocycles. The fourth-order valence-corrected chi connectivity index (χ4v) is 1.30. The first-order valence-corrected chi connectivity index (χ1v) is 5.34. The SMILES string of the molecule is CC.Cc1ccc(N2CN(C)C=N2)cc1. The predicted octanol–water partition coefficient (Wildman–Crippen LogP) is 2.67. The molecule has 1 aromatic rings. The second-order valence-corrected chi connectivity index (χ2v) is 3.36. The van der Waals surface area contributed by atoms with Crippen LogP contribution >= 0.6 is 0 Å². The third-order valence-electron chi connectivity index (χ3n) is 2.08. The minimum absolute atomic E-state index is 0.836. The average Bonchev–Trinajstić information content (AvgIpc) is 2.69. The van der Waals surface area contributed by atoms with Crippen LogP contribution in [0.25, 0.3) is 0 Å². The minimum atomic E-state index is 0.836. The van der Waals surface area contributed by atoms with Gasteiger partial charge in [0.05, 0.1) is 5.69 Å². The molecule has 0 fully saturated rings. The van der Waals surface area contributed by atoms with Crippen LogP contribution in [0.4, 0.5) is 5.69 Å². The molecule has 0 atom stereocenters. The van der Waals surface area contributed by atoms with Gasteiger partial charge < -0.3 is 4.90 Å². The van der Waals surface area contributed by atoms with Gasteiger partial charge >= 0.3 is 0 Å². The van der Waals surface area contributed by atoms with E-state index < -0.39 is 0 Å². The normalized spacial score (nSPS) is 13.9. The summed E-state index contributed by atoms with van der Waals surface area (Å²) in [4.78, 5) is 2.04. The molecule has 0 spiro atoms. The summed E-state index contributed by atoms with van der Waals surface area (Å²) in [5.41, 5.74) is 2.42. The Balaban J connectivity index is 0.000000531. The van der Waals surface area contributed by atoms with Gasteiger partial charge in [0.1, 0.15) is 13.0 Å². The zero-order valence-electron chi connectivity index (χ0n) is 9.94. The van der Waals surface area contributed by atoms with E-state index in [4.69, 9.17) is 0 Å². The number of hydrogen-bond donors (Lipinski definition) is 0. The number of benzene rings is 1. The van der Waals surface area contributed by atoms with Gasteiger partial charge in [-0.3, -0.25) is 0 Å². The van der Waals surface area contributed by atoms with Crippen molar-refractivity contribution in [1.29, 1.82) is 0 Å². The molecule has 0 radical (unpaired) electrons. The summed E-state index contributed by atoms with van der Waals surface area (Å²) in [6.07, 6.45) is 1.83. The predicted molar refractivity (Wildman–Crippen MR) is 66.1 cm³/mol. The van der Waals surface area contributed by atoms with Gasteiger partial charge in [-0.25, -0.2) is 5.01 Å². The molecule has 3 nitrogen and oxygen atoms in total. The Morgan fingerprint density at radius 2 is 1.73 bits per heavy atom. The van der Waals surface area contributed by atoms with Gasteiger partial charge in [0.2, 0.25) is 0 Å². The van der Waals surface area contributed by atoms with Crippen LogP contribution in [0, 0.1) is 6.92 Å². The van der Waals surface area contributed by atoms with Gasteiger partial charge in [0.15, 0.2) is 0 Å². The van der Waals surface area contributed by atoms with Gasteiger partial charge in [0.25, 0.3) is 0 Å². The Kier molecular flexibility index (Phi) is 4.16. The molecule has 0 aromatic heterocycles. The Morgan fingerprint density at radius 3 is 2.20 bits per heavy atom. The highest BCUT2D eigenvalue weighted by Gasteiger charge is 2.10. The highest BCUT2D eigenvalue weighted by Crippen LogP contribution is 2.17. The van der Waals surface area contributed by atoms with Crippen molar-refractivity contribution < 1.29 is 0 Å². The minimum Gasteiger partial charge on any atom is -0.345 e. The van der Waals surface area contributed by atoms with Crippen molar-refractivity contribution in [3.8, 4) is 0 Å². The van der Waals surface area contributed by atoms with Gasteiger partial charge in [-0.1, -0.05) is 31.5 Å². The first kappa shape index (κ1) is 11.6. The fraction of sp³-hybridized carbons (Fsp3) is 0.417. The molecule has 2 rings (SSSR count). The summed E-state index contributed by atoms with van der Waals surface area (Å²) in [6.45, 7) is 6.92. The van der Waals surface area contributed by atoms with Crippen LogP contribution in [0.2, 0.25) is 0 Å². The van der Waals surface area contributed by atoms with Crippen LogP contribution in [0.1, 0.15) is 19.4 Å². The molecule has 0 N–H and O–H groups in total. The Hall–Kier alpha value is -1.51. The smallest absolute Gasteiger partial charge is 0.113 e. The third-order valence-corrected chi connectivity index (χ3v) is 2.08. The average molecular weight is 205 g/mol. The van der Waals surface area contributed by atoms with E-state index in [1.165, 1.54) is 5.56 Å². The molecule has 1 heterocycles. The maximum absolute atomic E-state index is 4.25. The summed E-state index contributed by atoms with van der Waals surface area (Å²) in [6, 6.07) is 8.38. The van der Waals surface area contributed by atoms with Crippen LogP contribution in [-0.4, -0.2) is 25.0 Å². The Bertz CT molecular complexity index is 316. The number of nitrogens with zero attached hydrogens (tertiary/aromatic N) is 3. The standard InChI is InChI=1S/C10H13N3.C2H6/c1-9-3-5-10(6-4-9)13-8-12(2)7-11-13;1-2/h3-7H,8H2,1-2H3;1-2H3. The van der Waals surface area contributed by atoms with Crippen molar-refractivity contribution in [3.63, 3.8) is 0 Å². The monoisotopic (exact) mass is 205 g/mol. The third kappa shape index (κ3) is 2.98. The first-order valence-electron chi connectivity index (χ1n) is 5.34. The second kappa shape index (κ2) is 5.39. The summed E-state index contributed by atoms with van der Waals surface area (Å²) in [5, 5.41) is 6.22. The molecule has 82 valence electrons. The molecule has 1 aliphatic heterocycles. The lowest BCUT2D eigenvalue weighted by molar-refractivity contribution is 0.549. The van der Waals surface area contributed by atoms with Crippen molar-refractivity contribution in [1.82, 2.24) is 4.90 Å². The molecule has 3 heteroatoms. The van der Waals surface area contributed by atoms with Crippen LogP contribution in [0.3, 0.4) is 0 Å². The highest BCUT2D eigenvalue weighted by atomic mass is 15.6. The molecule has 0 bridgehead atoms. The number of hydrogen-bond acceptors (Lipinski definition) is 3. The van der Waals surface area contributed by atoms with Crippen molar-refractivity contribution in [2.24, 2.45) is 5.10 Å². The van der Waals surface area contributed by atoms with Gasteiger partial charge in [-0.05, 0) is 19.1 Å². The number of hydrazone groups is 1. The molecular weight excluding hydrogens is 186 g/mol. The van der Waals surface area contributed by atoms with Gasteiger partial charge in [0, 0.05) is 7.05 Å². The quantitative estimate of drug-likeness (QED) is 0.702. The van der Waals surface area contributed by atoms with E-state index in [2.05, 4.69) is 36.3 Å². The lowest BCUT2D eigenvalue weighted by Crippen LogP contribution is -2.22. The van der Waals surface area contributed by atoms with Crippen molar-refractivity contribution in [2.75, 3.05) is 18.7 Å². The molecule has 1 aliphatic rings. The largest absolute Gasteiger partial charge is 0.345 e. The lowest BCUT2D eigenvalue weighted by atomic mass is 10.2. The topological polar surface area (TPSA) is 18.8 Å². The van der Waals surface area contributed by atoms with E-state index in [-0.39, 0.29) is 0 Å². The molecule has 15 heavy (non-hydrogen) atoms. The molecule has 0 unspecified atom stereocenters. The molecule has 0 amide bonds. The van der Waals surface area contributed by atoms with Crippen LogP contribution < -0.4 is 5.01 Å². The van der Waals surface area contributed by atoms with Crippen LogP contribution in [-0.2, 0) is 0 Å². The molecule has 0 saturated carbocycles. The number of rotatable bonds is 1. The summed E-state index contributed by atoms with van der Waals surface area (Å²) < 4.78 is 0. The maximum atomic E-state index is 4.25. The Labute approximate surface area is 92.0 Å². The summed E-state index contributed by atoms with van der Waals surface area (Å²) >= 11 is 0. The Morgan fingerprint density at radius 1 is 1.13 bits per heavy atom. The molecule has 0 saturated heterocycles. The second-order valence-electron chi connectivity index (χ2n) is 3.36. The van der Waals surface area contributed by atoms with E-state index >= 15 is 0 Å². The van der Waals surface area contributed by atoms with Gasteiger partial charge in [-0.2, -0.15) is 5.10 Å². The van der Waals surface area contributed by atoms with E-state index in [0.717, 1.165) is 12.4 Å². The zero-order valence-corrected chi connectivity index (χ0v) is 9.94. The fourth-order valence-electron chi connectivity index (χ4n) is 1.30. The zero-order chi connectivity index (χ0) is 11.3. The molecular formula is C12H19N3. The van der Waals surface area contributed by atoms with E-state index in [0.29, 0.717) is 0 Å². The molecule has 1 aromatic carbocycles. The van der Waals surface area contributed by atoms with Gasteiger partial charge in [-0.15, -0.1) is 0 Å². The first-order chi connectivity index (χ1) is 7.25. The van der Waals surface area contributed by atoms with Crippen LogP contribution in [0.5, 0.6) is 0 Å². The summed E-state index contributed by atoms with van der Waals surface area (Å²) in [7, 11) is 2.01. The summed E-state index contributed by atoms with van der Waals surface area (Å²) in [5.74, 6) is 0. The lowest BCUT2D eigenvalue weighted by Gasteiger charge is -2.15.